The van der Waals surface area contributed by atoms with Crippen LogP contribution in [-0.2, 0) is 14.4 Å². The fourth-order valence-electron chi connectivity index (χ4n) is 2.20. The molecule has 0 aromatic heterocycles. The van der Waals surface area contributed by atoms with Gasteiger partial charge in [-0.05, 0) is 39.3 Å². The van der Waals surface area contributed by atoms with Crippen molar-refractivity contribution in [2.75, 3.05) is 6.61 Å². The Morgan fingerprint density at radius 2 is 2.20 bits per heavy atom. The van der Waals surface area contributed by atoms with Gasteiger partial charge in [0, 0.05) is 10.0 Å². The molecular formula is C15H18BrNO3. The summed E-state index contributed by atoms with van der Waals surface area (Å²) < 4.78 is 6.05. The molecule has 0 spiro atoms. The molecule has 0 amide bonds. The lowest BCUT2D eigenvalue weighted by Crippen LogP contribution is -2.40. The van der Waals surface area contributed by atoms with Crippen molar-refractivity contribution >= 4 is 27.6 Å². The topological polar surface area (TPSA) is 47.9 Å². The molecule has 4 nitrogen and oxygen atoms in total. The first-order chi connectivity index (χ1) is 9.37. The summed E-state index contributed by atoms with van der Waals surface area (Å²) in [5.41, 5.74) is 2.32. The smallest absolute Gasteiger partial charge is 0.351 e. The van der Waals surface area contributed by atoms with Crippen molar-refractivity contribution in [2.24, 2.45) is 10.6 Å². The molecule has 0 saturated heterocycles. The fraction of sp³-hybridized carbons (Fsp3) is 0.467. The Balaban J connectivity index is 2.30. The third-order valence-electron chi connectivity index (χ3n) is 3.46. The van der Waals surface area contributed by atoms with Crippen molar-refractivity contribution in [3.8, 4) is 0 Å². The first-order valence-electron chi connectivity index (χ1n) is 6.55. The Morgan fingerprint density at radius 1 is 1.50 bits per heavy atom. The maximum absolute atomic E-state index is 11.9. The average molecular weight is 340 g/mol. The van der Waals surface area contributed by atoms with Crippen molar-refractivity contribution in [1.82, 2.24) is 0 Å². The molecule has 1 aromatic rings. The van der Waals surface area contributed by atoms with E-state index in [1.54, 1.807) is 6.92 Å². The minimum atomic E-state index is -0.697. The van der Waals surface area contributed by atoms with Crippen LogP contribution in [0.1, 0.15) is 31.9 Å². The molecule has 0 aliphatic carbocycles. The highest BCUT2D eigenvalue weighted by atomic mass is 79.9. The molecule has 0 radical (unpaired) electrons. The van der Waals surface area contributed by atoms with Gasteiger partial charge in [0.15, 0.2) is 0 Å². The van der Waals surface area contributed by atoms with Crippen LogP contribution in [-0.4, -0.2) is 24.4 Å². The van der Waals surface area contributed by atoms with Gasteiger partial charge in [0.1, 0.15) is 0 Å². The number of rotatable bonds is 3. The van der Waals surface area contributed by atoms with Gasteiger partial charge in [-0.2, -0.15) is 0 Å². The highest BCUT2D eigenvalue weighted by Gasteiger charge is 2.48. The van der Waals surface area contributed by atoms with E-state index in [0.29, 0.717) is 6.61 Å². The average Bonchev–Trinajstić information content (AvgIpc) is 2.68. The van der Waals surface area contributed by atoms with E-state index in [1.807, 2.05) is 39.0 Å². The van der Waals surface area contributed by atoms with Gasteiger partial charge in [0.2, 0.25) is 6.10 Å². The van der Waals surface area contributed by atoms with E-state index in [4.69, 9.17) is 9.57 Å². The molecule has 5 heteroatoms. The molecule has 0 N–H and O–H groups in total. The molecule has 1 aromatic carbocycles. The van der Waals surface area contributed by atoms with Gasteiger partial charge in [-0.3, -0.25) is 0 Å². The minimum Gasteiger partial charge on any atom is -0.463 e. The number of ether oxygens (including phenoxy) is 1. The van der Waals surface area contributed by atoms with E-state index < -0.39 is 11.5 Å². The second kappa shape index (κ2) is 5.56. The van der Waals surface area contributed by atoms with Crippen molar-refractivity contribution in [3.63, 3.8) is 0 Å². The van der Waals surface area contributed by atoms with Crippen molar-refractivity contribution in [2.45, 2.75) is 33.8 Å². The number of esters is 1. The van der Waals surface area contributed by atoms with Crippen LogP contribution in [0.4, 0.5) is 0 Å². The zero-order valence-electron chi connectivity index (χ0n) is 12.1. The molecule has 1 atom stereocenters. The third kappa shape index (κ3) is 2.59. The van der Waals surface area contributed by atoms with Gasteiger partial charge in [-0.15, -0.1) is 0 Å². The molecule has 0 fully saturated rings. The van der Waals surface area contributed by atoms with Crippen molar-refractivity contribution in [3.05, 3.63) is 33.8 Å². The number of oxime groups is 1. The second-order valence-electron chi connectivity index (χ2n) is 5.36. The van der Waals surface area contributed by atoms with Gasteiger partial charge in [0.05, 0.1) is 17.7 Å². The highest BCUT2D eigenvalue weighted by molar-refractivity contribution is 9.10. The summed E-state index contributed by atoms with van der Waals surface area (Å²) in [6.45, 7) is 8.01. The summed E-state index contributed by atoms with van der Waals surface area (Å²) in [4.78, 5) is 17.2. The van der Waals surface area contributed by atoms with E-state index in [-0.39, 0.29) is 5.97 Å². The number of carbonyl (C=O) groups is 1. The monoisotopic (exact) mass is 339 g/mol. The third-order valence-corrected chi connectivity index (χ3v) is 4.32. The molecule has 0 saturated carbocycles. The fourth-order valence-corrected chi connectivity index (χ4v) is 2.58. The molecule has 20 heavy (non-hydrogen) atoms. The number of hydrogen-bond donors (Lipinski definition) is 0. The zero-order valence-corrected chi connectivity index (χ0v) is 13.7. The standard InChI is InChI=1S/C15H18BrNO3/c1-5-19-14(18)13-15(3,4)12(17-20-13)10-7-6-9(2)11(16)8-10/h6-8,13H,5H2,1-4H3. The first-order valence-corrected chi connectivity index (χ1v) is 7.34. The van der Waals surface area contributed by atoms with Crippen LogP contribution in [0, 0.1) is 12.3 Å². The summed E-state index contributed by atoms with van der Waals surface area (Å²) in [5.74, 6) is -0.373. The van der Waals surface area contributed by atoms with Crippen LogP contribution in [0.25, 0.3) is 0 Å². The predicted octanol–water partition coefficient (Wildman–Crippen LogP) is 3.45. The van der Waals surface area contributed by atoms with E-state index >= 15 is 0 Å². The quantitative estimate of drug-likeness (QED) is 0.792. The van der Waals surface area contributed by atoms with Crippen LogP contribution in [0.15, 0.2) is 27.8 Å². The largest absolute Gasteiger partial charge is 0.463 e. The Morgan fingerprint density at radius 3 is 2.80 bits per heavy atom. The zero-order chi connectivity index (χ0) is 14.9. The van der Waals surface area contributed by atoms with Gasteiger partial charge in [-0.25, -0.2) is 4.79 Å². The second-order valence-corrected chi connectivity index (χ2v) is 6.22. The van der Waals surface area contributed by atoms with Gasteiger partial charge < -0.3 is 9.57 Å². The number of halogens is 1. The lowest BCUT2D eigenvalue weighted by atomic mass is 9.79. The van der Waals surface area contributed by atoms with E-state index in [1.165, 1.54) is 0 Å². The summed E-state index contributed by atoms with van der Waals surface area (Å²) in [6, 6.07) is 5.99. The Labute approximate surface area is 127 Å². The van der Waals surface area contributed by atoms with Crippen LogP contribution in [0.3, 0.4) is 0 Å². The summed E-state index contributed by atoms with van der Waals surface area (Å²) >= 11 is 3.51. The summed E-state index contributed by atoms with van der Waals surface area (Å²) in [6.07, 6.45) is -0.697. The molecule has 1 aliphatic rings. The van der Waals surface area contributed by atoms with E-state index in [9.17, 15) is 4.79 Å². The van der Waals surface area contributed by atoms with Crippen molar-refractivity contribution in [1.29, 1.82) is 0 Å². The van der Waals surface area contributed by atoms with Gasteiger partial charge in [-0.1, -0.05) is 33.2 Å². The molecule has 1 aliphatic heterocycles. The molecule has 0 bridgehead atoms. The Hall–Kier alpha value is -1.36. The lowest BCUT2D eigenvalue weighted by Gasteiger charge is -2.24. The molecular weight excluding hydrogens is 322 g/mol. The Kier molecular flexibility index (Phi) is 4.18. The normalized spacial score (nSPS) is 20.2. The highest BCUT2D eigenvalue weighted by Crippen LogP contribution is 2.36. The number of nitrogens with zero attached hydrogens (tertiary/aromatic N) is 1. The summed E-state index contributed by atoms with van der Waals surface area (Å²) in [7, 11) is 0. The van der Waals surface area contributed by atoms with E-state index in [2.05, 4.69) is 21.1 Å². The minimum absolute atomic E-state index is 0.334. The van der Waals surface area contributed by atoms with Gasteiger partial charge in [0.25, 0.3) is 0 Å². The maximum Gasteiger partial charge on any atom is 0.351 e. The van der Waals surface area contributed by atoms with Crippen LogP contribution < -0.4 is 0 Å². The maximum atomic E-state index is 11.9. The van der Waals surface area contributed by atoms with Crippen molar-refractivity contribution < 1.29 is 14.4 Å². The number of carbonyl (C=O) groups excluding carboxylic acids is 1. The molecule has 1 unspecified atom stereocenters. The molecule has 1 heterocycles. The van der Waals surface area contributed by atoms with Crippen LogP contribution in [0.2, 0.25) is 0 Å². The number of benzene rings is 1. The van der Waals surface area contributed by atoms with Gasteiger partial charge >= 0.3 is 5.97 Å². The summed E-state index contributed by atoms with van der Waals surface area (Å²) in [5, 5.41) is 4.11. The Bertz CT molecular complexity index is 566. The predicted molar refractivity (Wildman–Crippen MR) is 80.7 cm³/mol. The first kappa shape index (κ1) is 15.0. The van der Waals surface area contributed by atoms with Crippen LogP contribution >= 0.6 is 15.9 Å². The SMILES string of the molecule is CCOC(=O)C1ON=C(c2ccc(C)c(Br)c2)C1(C)C. The lowest BCUT2D eigenvalue weighted by molar-refractivity contribution is -0.159. The number of hydrogen-bond acceptors (Lipinski definition) is 4. The molecule has 2 rings (SSSR count). The number of aryl methyl sites for hydroxylation is 1. The van der Waals surface area contributed by atoms with Crippen LogP contribution in [0.5, 0.6) is 0 Å². The van der Waals surface area contributed by atoms with E-state index in [0.717, 1.165) is 21.3 Å². The molecule has 108 valence electrons.